The summed E-state index contributed by atoms with van der Waals surface area (Å²) in [4.78, 5) is 7.49. The first kappa shape index (κ1) is 55.8. The van der Waals surface area contributed by atoms with E-state index in [9.17, 15) is 0 Å². The van der Waals surface area contributed by atoms with Crippen molar-refractivity contribution < 1.29 is 0 Å². The van der Waals surface area contributed by atoms with Gasteiger partial charge in [-0.3, -0.25) is 0 Å². The van der Waals surface area contributed by atoms with Gasteiger partial charge in [0.2, 0.25) is 0 Å². The molecule has 2 rings (SSSR count). The Kier molecular flexibility index (Phi) is 33.1. The first-order chi connectivity index (χ1) is 26.2. The summed E-state index contributed by atoms with van der Waals surface area (Å²) in [5, 5.41) is 0. The second-order valence-corrected chi connectivity index (χ2v) is 63.0. The molecule has 0 bridgehead atoms. The van der Waals surface area contributed by atoms with Gasteiger partial charge in [0.15, 0.2) is 0 Å². The number of hydrogen-bond acceptors (Lipinski definition) is 0. The molecule has 0 aromatic heterocycles. The topological polar surface area (TPSA) is 0 Å². The first-order valence-electron chi connectivity index (χ1n) is 24.4. The molecule has 0 aliphatic carbocycles. The molecule has 0 amide bonds. The van der Waals surface area contributed by atoms with Crippen molar-refractivity contribution in [2.75, 3.05) is 0 Å². The van der Waals surface area contributed by atoms with E-state index in [1.807, 2.05) is 3.58 Å². The molecule has 2 aromatic rings. The molecular formula is C52H100Sn3. The van der Waals surface area contributed by atoms with Gasteiger partial charge in [-0.15, -0.1) is 0 Å². The van der Waals surface area contributed by atoms with Crippen molar-refractivity contribution in [3.63, 3.8) is 0 Å². The van der Waals surface area contributed by atoms with Gasteiger partial charge < -0.3 is 0 Å². The Morgan fingerprint density at radius 3 is 1.04 bits per heavy atom. The molecule has 0 radical (unpaired) electrons. The third kappa shape index (κ3) is 22.9. The fourth-order valence-electron chi connectivity index (χ4n) is 8.70. The average molecular weight is 1080 g/mol. The second kappa shape index (κ2) is 32.6. The van der Waals surface area contributed by atoms with Crippen LogP contribution in [-0.2, 0) is 4.44 Å². The molecular weight excluding hydrogens is 981 g/mol. The monoisotopic (exact) mass is 1080 g/mol. The third-order valence-electron chi connectivity index (χ3n) is 13.4. The van der Waals surface area contributed by atoms with E-state index in [2.05, 4.69) is 146 Å². The Morgan fingerprint density at radius 1 is 0.418 bits per heavy atom. The van der Waals surface area contributed by atoms with E-state index in [4.69, 9.17) is 0 Å². The van der Waals surface area contributed by atoms with Crippen LogP contribution in [0.5, 0.6) is 0 Å². The third-order valence-corrected chi connectivity index (χ3v) is 51.9. The summed E-state index contributed by atoms with van der Waals surface area (Å²) in [5.74, 6) is 1.41. The van der Waals surface area contributed by atoms with Crippen LogP contribution < -0.4 is 3.58 Å². The Bertz CT molecular complexity index is 1100. The summed E-state index contributed by atoms with van der Waals surface area (Å²) in [7, 11) is 0. The minimum absolute atomic E-state index is 0.704. The fraction of sp³-hybridized carbons (Fsp3) is 0.769. The quantitative estimate of drug-likeness (QED) is 0.0782. The standard InChI is InChI=1S/C11H15.C10H13.7C4H9.3CH3.3Sn/c1-4-10(3)11-7-5-9(2)6-8-11;1-3-9(2)10-7-5-4-6-8-10;7*1-3-4-2;;;;;;/h5-8,10H,2,4H2,1,3H3;5-9H,3H2,1-2H3;3H,4H2,1-2H3;6*1,3-4H2,2H3;3*1H3;;;. The molecule has 0 aliphatic heterocycles. The summed E-state index contributed by atoms with van der Waals surface area (Å²) in [6.07, 6.45) is 21.2. The molecule has 0 saturated carbocycles. The van der Waals surface area contributed by atoms with Crippen LogP contribution in [0.15, 0.2) is 48.5 Å². The molecule has 0 heterocycles. The zero-order valence-electron chi connectivity index (χ0n) is 40.4. The number of unbranched alkanes of at least 4 members (excludes halogenated alkanes) is 6. The van der Waals surface area contributed by atoms with Crippen LogP contribution >= 0.6 is 0 Å². The zero-order valence-corrected chi connectivity index (χ0v) is 49.0. The van der Waals surface area contributed by atoms with Crippen molar-refractivity contribution in [1.82, 2.24) is 0 Å². The average Bonchev–Trinajstić information content (AvgIpc) is 3.20. The van der Waals surface area contributed by atoms with E-state index in [-0.39, 0.29) is 0 Å². The van der Waals surface area contributed by atoms with E-state index >= 15 is 0 Å². The van der Waals surface area contributed by atoms with E-state index in [0.29, 0.717) is 11.8 Å². The van der Waals surface area contributed by atoms with Crippen molar-refractivity contribution in [2.24, 2.45) is 0 Å². The maximum atomic E-state index is 2.59. The molecule has 320 valence electrons. The van der Waals surface area contributed by atoms with Crippen molar-refractivity contribution >= 4 is 58.7 Å². The van der Waals surface area contributed by atoms with Crippen LogP contribution in [0.4, 0.5) is 0 Å². The maximum absolute atomic E-state index is 2.59. The molecule has 0 aliphatic rings. The minimum atomic E-state index is -2.19. The van der Waals surface area contributed by atoms with Crippen LogP contribution in [0.3, 0.4) is 0 Å². The van der Waals surface area contributed by atoms with Gasteiger partial charge in [0.05, 0.1) is 0 Å². The van der Waals surface area contributed by atoms with Gasteiger partial charge in [-0.05, 0) is 0 Å². The van der Waals surface area contributed by atoms with Gasteiger partial charge in [0.25, 0.3) is 0 Å². The predicted octanol–water partition coefficient (Wildman–Crippen LogP) is 18.5. The number of benzene rings is 2. The van der Waals surface area contributed by atoms with E-state index < -0.39 is 55.1 Å². The molecule has 0 nitrogen and oxygen atoms in total. The van der Waals surface area contributed by atoms with Crippen LogP contribution in [-0.4, -0.2) is 55.1 Å². The van der Waals surface area contributed by atoms with Crippen LogP contribution in [0.25, 0.3) is 0 Å². The van der Waals surface area contributed by atoms with Crippen molar-refractivity contribution in [1.29, 1.82) is 0 Å². The van der Waals surface area contributed by atoms with E-state index in [0.717, 1.165) is 3.93 Å². The van der Waals surface area contributed by atoms with Gasteiger partial charge in [-0.2, -0.15) is 0 Å². The Balaban J connectivity index is 0.000000818. The molecule has 55 heavy (non-hydrogen) atoms. The van der Waals surface area contributed by atoms with Crippen LogP contribution in [0.1, 0.15) is 208 Å². The summed E-state index contributed by atoms with van der Waals surface area (Å²) < 4.78 is 14.1. The summed E-state index contributed by atoms with van der Waals surface area (Å²) in [6.45, 7) is 28.4. The van der Waals surface area contributed by atoms with Gasteiger partial charge in [-0.25, -0.2) is 0 Å². The number of rotatable bonds is 27. The SMILES string of the molecule is CCC(C)c1ccc([CH2][Sn]([CH3])([CH3])[CH3])cc1.CCC[CH2][Sn]([CH2]CCC)([CH2]CCC)[CH](C)CC.CCC[CH2][Sn]([CH2]CCC)([CH2]CCC)[c]1ccc(C(C)CC)cc1. The van der Waals surface area contributed by atoms with Gasteiger partial charge >= 0.3 is 365 Å². The molecule has 3 unspecified atom stereocenters. The molecule has 0 fully saturated rings. The predicted molar refractivity (Wildman–Crippen MR) is 266 cm³/mol. The fourth-order valence-corrected chi connectivity index (χ4v) is 46.7. The Morgan fingerprint density at radius 2 is 0.745 bits per heavy atom. The Labute approximate surface area is 361 Å². The van der Waals surface area contributed by atoms with Gasteiger partial charge in [-0.1, -0.05) is 0 Å². The molecule has 3 atom stereocenters. The second-order valence-electron chi connectivity index (χ2n) is 19.3. The number of hydrogen-bond donors (Lipinski definition) is 0. The van der Waals surface area contributed by atoms with Crippen molar-refractivity contribution in [3.8, 4) is 0 Å². The van der Waals surface area contributed by atoms with Crippen LogP contribution in [0.2, 0.25) is 45.4 Å². The summed E-state index contributed by atoms with van der Waals surface area (Å²) in [5.41, 5.74) is 4.58. The van der Waals surface area contributed by atoms with E-state index in [1.165, 1.54) is 112 Å². The first-order valence-corrected chi connectivity index (χ1v) is 50.2. The van der Waals surface area contributed by atoms with E-state index in [1.54, 1.807) is 32.2 Å². The zero-order chi connectivity index (χ0) is 41.8. The molecule has 2 aromatic carbocycles. The van der Waals surface area contributed by atoms with Crippen molar-refractivity contribution in [3.05, 3.63) is 65.2 Å². The normalized spacial score (nSPS) is 13.7. The molecule has 0 N–H and O–H groups in total. The molecule has 3 heteroatoms. The van der Waals surface area contributed by atoms with Gasteiger partial charge in [0, 0.05) is 0 Å². The van der Waals surface area contributed by atoms with Crippen molar-refractivity contribution in [2.45, 2.75) is 241 Å². The van der Waals surface area contributed by atoms with Crippen LogP contribution in [0, 0.1) is 0 Å². The Hall–Kier alpha value is 0.836. The molecule has 0 saturated heterocycles. The molecule has 0 spiro atoms. The van der Waals surface area contributed by atoms with Gasteiger partial charge in [0.1, 0.15) is 0 Å². The summed E-state index contributed by atoms with van der Waals surface area (Å²) >= 11 is -5.62. The summed E-state index contributed by atoms with van der Waals surface area (Å²) in [6, 6.07) is 19.3.